The van der Waals surface area contributed by atoms with Gasteiger partial charge in [0.25, 0.3) is 5.56 Å². The fraction of sp³-hybridized carbons (Fsp3) is 0.150. The number of hydrogen-bond acceptors (Lipinski definition) is 4. The fourth-order valence-electron chi connectivity index (χ4n) is 3.02. The molecule has 142 valence electrons. The highest BCUT2D eigenvalue weighted by Gasteiger charge is 2.20. The van der Waals surface area contributed by atoms with Crippen LogP contribution in [0.15, 0.2) is 64.2 Å². The van der Waals surface area contributed by atoms with Crippen molar-refractivity contribution in [1.29, 1.82) is 0 Å². The number of nitrogens with zero attached hydrogens (tertiary/aromatic N) is 4. The van der Waals surface area contributed by atoms with Crippen LogP contribution >= 0.6 is 11.6 Å². The van der Waals surface area contributed by atoms with E-state index in [4.69, 9.17) is 16.3 Å². The third-order valence-corrected chi connectivity index (χ3v) is 4.77. The standard InChI is InChI=1S/C20H17ClN4O3/c1-23-17-16(18(26)24(2)20(23)27)25(12-13-8-10-14(21)11-9-13)19(22-17)28-15-6-4-3-5-7-15/h3-11H,12H2,1-2H3. The molecule has 0 saturated carbocycles. The summed E-state index contributed by atoms with van der Waals surface area (Å²) in [4.78, 5) is 29.6. The van der Waals surface area contributed by atoms with Crippen LogP contribution in [0.5, 0.6) is 11.8 Å². The first-order chi connectivity index (χ1) is 13.5. The lowest BCUT2D eigenvalue weighted by Gasteiger charge is -2.10. The number of aryl methyl sites for hydroxylation is 1. The number of aromatic nitrogens is 4. The molecule has 0 aliphatic rings. The Hall–Kier alpha value is -3.32. The van der Waals surface area contributed by atoms with Crippen LogP contribution in [0.4, 0.5) is 0 Å². The van der Waals surface area contributed by atoms with Crippen molar-refractivity contribution in [2.45, 2.75) is 6.54 Å². The lowest BCUT2D eigenvalue weighted by molar-refractivity contribution is 0.421. The van der Waals surface area contributed by atoms with Gasteiger partial charge >= 0.3 is 11.7 Å². The molecule has 0 fully saturated rings. The van der Waals surface area contributed by atoms with E-state index in [0.29, 0.717) is 22.8 Å². The lowest BCUT2D eigenvalue weighted by atomic mass is 10.2. The molecular weight excluding hydrogens is 380 g/mol. The molecule has 0 amide bonds. The zero-order chi connectivity index (χ0) is 19.8. The van der Waals surface area contributed by atoms with Crippen LogP contribution in [0.3, 0.4) is 0 Å². The Bertz CT molecular complexity index is 1270. The first kappa shape index (κ1) is 18.1. The number of para-hydroxylation sites is 1. The third-order valence-electron chi connectivity index (χ3n) is 4.52. The average molecular weight is 397 g/mol. The molecule has 0 radical (unpaired) electrons. The maximum Gasteiger partial charge on any atom is 0.332 e. The van der Waals surface area contributed by atoms with Crippen molar-refractivity contribution in [2.75, 3.05) is 0 Å². The van der Waals surface area contributed by atoms with Crippen LogP contribution in [0.2, 0.25) is 5.02 Å². The van der Waals surface area contributed by atoms with Gasteiger partial charge in [0.2, 0.25) is 0 Å². The molecule has 0 saturated heterocycles. The number of imidazole rings is 1. The second-order valence-corrected chi connectivity index (χ2v) is 6.84. The summed E-state index contributed by atoms with van der Waals surface area (Å²) >= 11 is 5.98. The normalized spacial score (nSPS) is 11.1. The van der Waals surface area contributed by atoms with Gasteiger partial charge in [-0.05, 0) is 29.8 Å². The summed E-state index contributed by atoms with van der Waals surface area (Å²) in [5.74, 6) is 0.581. The quantitative estimate of drug-likeness (QED) is 0.531. The highest BCUT2D eigenvalue weighted by Crippen LogP contribution is 2.25. The molecule has 0 unspecified atom stereocenters. The molecule has 0 aliphatic heterocycles. The molecular formula is C20H17ClN4O3. The Labute approximate surface area is 165 Å². The summed E-state index contributed by atoms with van der Waals surface area (Å²) in [5.41, 5.74) is 0.610. The van der Waals surface area contributed by atoms with Gasteiger partial charge in [-0.15, -0.1) is 0 Å². The average Bonchev–Trinajstić information content (AvgIpc) is 3.05. The monoisotopic (exact) mass is 396 g/mol. The van der Waals surface area contributed by atoms with E-state index in [9.17, 15) is 9.59 Å². The largest absolute Gasteiger partial charge is 0.425 e. The summed E-state index contributed by atoms with van der Waals surface area (Å²) in [7, 11) is 3.03. The smallest absolute Gasteiger partial charge is 0.332 e. The molecule has 4 rings (SSSR count). The summed E-state index contributed by atoms with van der Waals surface area (Å²) in [5, 5.41) is 0.623. The minimum Gasteiger partial charge on any atom is -0.425 e. The van der Waals surface area contributed by atoms with Crippen LogP contribution in [-0.4, -0.2) is 18.7 Å². The van der Waals surface area contributed by atoms with E-state index in [2.05, 4.69) is 4.98 Å². The summed E-state index contributed by atoms with van der Waals surface area (Å²) in [6, 6.07) is 16.7. The van der Waals surface area contributed by atoms with E-state index in [1.807, 2.05) is 30.3 Å². The number of hydrogen-bond donors (Lipinski definition) is 0. The second-order valence-electron chi connectivity index (χ2n) is 6.40. The van der Waals surface area contributed by atoms with Crippen molar-refractivity contribution in [2.24, 2.45) is 14.1 Å². The maximum absolute atomic E-state index is 12.8. The Morgan fingerprint density at radius 3 is 2.32 bits per heavy atom. The summed E-state index contributed by atoms with van der Waals surface area (Å²) in [6.45, 7) is 0.337. The van der Waals surface area contributed by atoms with Crippen molar-refractivity contribution in [3.8, 4) is 11.8 Å². The van der Waals surface area contributed by atoms with Crippen LogP contribution in [0, 0.1) is 0 Å². The van der Waals surface area contributed by atoms with Gasteiger partial charge in [-0.3, -0.25) is 18.5 Å². The zero-order valence-electron chi connectivity index (χ0n) is 15.3. The molecule has 0 atom stereocenters. The molecule has 8 heteroatoms. The molecule has 0 bridgehead atoms. The predicted molar refractivity (Wildman–Crippen MR) is 107 cm³/mol. The number of ether oxygens (including phenoxy) is 1. The third kappa shape index (κ3) is 3.10. The Balaban J connectivity index is 1.95. The Morgan fingerprint density at radius 2 is 1.64 bits per heavy atom. The van der Waals surface area contributed by atoms with Crippen LogP contribution in [0.1, 0.15) is 5.56 Å². The number of fused-ring (bicyclic) bond motifs is 1. The first-order valence-electron chi connectivity index (χ1n) is 8.59. The van der Waals surface area contributed by atoms with Crippen molar-refractivity contribution < 1.29 is 4.74 Å². The van der Waals surface area contributed by atoms with E-state index < -0.39 is 11.2 Å². The highest BCUT2D eigenvalue weighted by molar-refractivity contribution is 6.30. The number of halogens is 1. The molecule has 7 nitrogen and oxygen atoms in total. The van der Waals surface area contributed by atoms with Crippen LogP contribution < -0.4 is 16.0 Å². The Morgan fingerprint density at radius 1 is 0.964 bits per heavy atom. The van der Waals surface area contributed by atoms with E-state index in [1.54, 1.807) is 35.9 Å². The molecule has 4 aromatic rings. The van der Waals surface area contributed by atoms with E-state index in [1.165, 1.54) is 11.6 Å². The fourth-order valence-corrected chi connectivity index (χ4v) is 3.14. The number of rotatable bonds is 4. The van der Waals surface area contributed by atoms with Gasteiger partial charge in [0, 0.05) is 19.1 Å². The van der Waals surface area contributed by atoms with Crippen molar-refractivity contribution >= 4 is 22.8 Å². The topological polar surface area (TPSA) is 71.1 Å². The summed E-state index contributed by atoms with van der Waals surface area (Å²) in [6.07, 6.45) is 0. The van der Waals surface area contributed by atoms with Gasteiger partial charge in [-0.2, -0.15) is 4.98 Å². The van der Waals surface area contributed by atoms with E-state index in [-0.39, 0.29) is 11.7 Å². The SMILES string of the molecule is Cn1c(=O)c2c(nc(Oc3ccccc3)n2Cc2ccc(Cl)cc2)n(C)c1=O. The van der Waals surface area contributed by atoms with Gasteiger partial charge in [-0.25, -0.2) is 4.79 Å². The minimum absolute atomic E-state index is 0.231. The molecule has 2 heterocycles. The summed E-state index contributed by atoms with van der Waals surface area (Å²) < 4.78 is 10.0. The van der Waals surface area contributed by atoms with E-state index >= 15 is 0 Å². The zero-order valence-corrected chi connectivity index (χ0v) is 16.1. The van der Waals surface area contributed by atoms with E-state index in [0.717, 1.165) is 10.1 Å². The molecule has 2 aromatic heterocycles. The van der Waals surface area contributed by atoms with Crippen molar-refractivity contribution in [3.05, 3.63) is 86.0 Å². The van der Waals surface area contributed by atoms with Gasteiger partial charge in [-0.1, -0.05) is 41.9 Å². The predicted octanol–water partition coefficient (Wildman–Crippen LogP) is 2.93. The number of benzene rings is 2. The van der Waals surface area contributed by atoms with Gasteiger partial charge in [0.05, 0.1) is 6.54 Å². The van der Waals surface area contributed by atoms with Gasteiger partial charge in [0.15, 0.2) is 11.2 Å². The lowest BCUT2D eigenvalue weighted by Crippen LogP contribution is -2.37. The first-order valence-corrected chi connectivity index (χ1v) is 8.97. The molecule has 0 spiro atoms. The maximum atomic E-state index is 12.8. The highest BCUT2D eigenvalue weighted by atomic mass is 35.5. The van der Waals surface area contributed by atoms with Crippen molar-refractivity contribution in [1.82, 2.24) is 18.7 Å². The van der Waals surface area contributed by atoms with Gasteiger partial charge < -0.3 is 4.74 Å². The molecule has 2 aromatic carbocycles. The molecule has 28 heavy (non-hydrogen) atoms. The molecule has 0 N–H and O–H groups in total. The minimum atomic E-state index is -0.445. The second kappa shape index (κ2) is 7.01. The van der Waals surface area contributed by atoms with Gasteiger partial charge in [0.1, 0.15) is 5.75 Å². The van der Waals surface area contributed by atoms with Crippen LogP contribution in [0.25, 0.3) is 11.2 Å². The Kier molecular flexibility index (Phi) is 4.52. The van der Waals surface area contributed by atoms with Crippen molar-refractivity contribution in [3.63, 3.8) is 0 Å². The van der Waals surface area contributed by atoms with Crippen LogP contribution in [-0.2, 0) is 20.6 Å². The molecule has 0 aliphatic carbocycles.